The first-order valence-electron chi connectivity index (χ1n) is 22.1. The number of rotatable bonds is 41. The minimum atomic E-state index is -0.368. The molecule has 1 unspecified atom stereocenters. The summed E-state index contributed by atoms with van der Waals surface area (Å²) in [5, 5.41) is 2.90. The maximum absolute atomic E-state index is 12.2. The van der Waals surface area contributed by atoms with Gasteiger partial charge in [-0.05, 0) is 84.7 Å². The van der Waals surface area contributed by atoms with Crippen molar-refractivity contribution in [3.05, 3.63) is 24.3 Å². The lowest BCUT2D eigenvalue weighted by atomic mass is 10.1. The van der Waals surface area contributed by atoms with Crippen molar-refractivity contribution >= 4 is 6.09 Å². The Kier molecular flexibility index (Phi) is 41.9. The van der Waals surface area contributed by atoms with Crippen molar-refractivity contribution in [2.24, 2.45) is 0 Å². The van der Waals surface area contributed by atoms with Crippen LogP contribution in [0.25, 0.3) is 0 Å². The van der Waals surface area contributed by atoms with Crippen LogP contribution in [0.1, 0.15) is 200 Å². The number of unbranched alkanes of at least 4 members (excludes halogenated alkanes) is 24. The van der Waals surface area contributed by atoms with Crippen LogP contribution in [0.5, 0.6) is 0 Å². The van der Waals surface area contributed by atoms with Crippen LogP contribution in [0.3, 0.4) is 0 Å². The van der Waals surface area contributed by atoms with Gasteiger partial charge in [-0.1, -0.05) is 154 Å². The van der Waals surface area contributed by atoms with Gasteiger partial charge in [0.05, 0.1) is 19.3 Å². The third-order valence-electron chi connectivity index (χ3n) is 9.57. The number of hydrogen-bond donors (Lipinski definition) is 1. The Morgan fingerprint density at radius 2 is 0.941 bits per heavy atom. The number of carbonyl (C=O) groups excluding carboxylic acids is 1. The molecule has 1 atom stereocenters. The Labute approximate surface area is 318 Å². The van der Waals surface area contributed by atoms with Crippen molar-refractivity contribution in [1.82, 2.24) is 10.2 Å². The van der Waals surface area contributed by atoms with Gasteiger partial charge in [0, 0.05) is 26.3 Å². The Morgan fingerprint density at radius 3 is 1.39 bits per heavy atom. The van der Waals surface area contributed by atoms with E-state index in [1.165, 1.54) is 167 Å². The molecule has 51 heavy (non-hydrogen) atoms. The number of carbonyl (C=O) groups is 1. The van der Waals surface area contributed by atoms with Crippen LogP contribution in [-0.4, -0.2) is 70.7 Å². The second kappa shape index (κ2) is 43.0. The standard InChI is InChI=1S/C45H88N2O4/c1-5-7-9-11-13-15-17-19-21-23-25-27-29-31-33-35-39-49-43-44(42-46-45(48)51-41-37-38-47(3)4)50-40-36-34-32-30-28-26-24-22-20-18-16-14-12-10-8-6-2/h19-22,44H,5-18,23-43H2,1-4H3,(H,46,48). The van der Waals surface area contributed by atoms with Gasteiger partial charge in [-0.15, -0.1) is 0 Å². The average Bonchev–Trinajstić information content (AvgIpc) is 3.12. The molecule has 6 nitrogen and oxygen atoms in total. The van der Waals surface area contributed by atoms with E-state index < -0.39 is 0 Å². The van der Waals surface area contributed by atoms with Crippen LogP contribution >= 0.6 is 0 Å². The first kappa shape index (κ1) is 49.6. The van der Waals surface area contributed by atoms with Crippen molar-refractivity contribution in [3.63, 3.8) is 0 Å². The van der Waals surface area contributed by atoms with E-state index in [2.05, 4.69) is 48.4 Å². The molecule has 0 aliphatic rings. The molecule has 0 aliphatic heterocycles. The molecule has 0 heterocycles. The molecule has 0 radical (unpaired) electrons. The second-order valence-electron chi connectivity index (χ2n) is 15.1. The summed E-state index contributed by atoms with van der Waals surface area (Å²) in [4.78, 5) is 14.3. The van der Waals surface area contributed by atoms with E-state index in [1.54, 1.807) is 0 Å². The van der Waals surface area contributed by atoms with Crippen molar-refractivity contribution < 1.29 is 19.0 Å². The molecule has 1 amide bonds. The number of ether oxygens (including phenoxy) is 3. The van der Waals surface area contributed by atoms with Crippen molar-refractivity contribution in [2.75, 3.05) is 53.6 Å². The zero-order chi connectivity index (χ0) is 37.1. The summed E-state index contributed by atoms with van der Waals surface area (Å²) in [6, 6.07) is 0. The summed E-state index contributed by atoms with van der Waals surface area (Å²) in [6.07, 6.45) is 46.4. The van der Waals surface area contributed by atoms with E-state index in [1.807, 2.05) is 14.1 Å². The monoisotopic (exact) mass is 721 g/mol. The molecule has 302 valence electrons. The predicted octanol–water partition coefficient (Wildman–Crippen LogP) is 13.1. The van der Waals surface area contributed by atoms with E-state index >= 15 is 0 Å². The lowest BCUT2D eigenvalue weighted by Crippen LogP contribution is -2.37. The quantitative estimate of drug-likeness (QED) is 0.0503. The topological polar surface area (TPSA) is 60.0 Å². The van der Waals surface area contributed by atoms with Crippen LogP contribution < -0.4 is 5.32 Å². The Hall–Kier alpha value is -1.37. The van der Waals surface area contributed by atoms with Gasteiger partial charge in [0.15, 0.2) is 0 Å². The third kappa shape index (κ3) is 42.9. The minimum Gasteiger partial charge on any atom is -0.450 e. The molecule has 0 aromatic heterocycles. The first-order valence-corrected chi connectivity index (χ1v) is 22.1. The maximum Gasteiger partial charge on any atom is 0.407 e. The lowest BCUT2D eigenvalue weighted by molar-refractivity contribution is -0.0175. The second-order valence-corrected chi connectivity index (χ2v) is 15.1. The smallest absolute Gasteiger partial charge is 0.407 e. The zero-order valence-corrected chi connectivity index (χ0v) is 34.7. The number of alkyl carbamates (subject to hydrolysis) is 1. The largest absolute Gasteiger partial charge is 0.450 e. The van der Waals surface area contributed by atoms with Gasteiger partial charge >= 0.3 is 6.09 Å². The fraction of sp³-hybridized carbons (Fsp3) is 0.889. The van der Waals surface area contributed by atoms with Gasteiger partial charge in [0.2, 0.25) is 0 Å². The summed E-state index contributed by atoms with van der Waals surface area (Å²) < 4.78 is 17.5. The molecule has 0 aliphatic carbocycles. The van der Waals surface area contributed by atoms with Crippen molar-refractivity contribution in [1.29, 1.82) is 0 Å². The van der Waals surface area contributed by atoms with Gasteiger partial charge in [0.1, 0.15) is 0 Å². The minimum absolute atomic E-state index is 0.142. The molecular weight excluding hydrogens is 633 g/mol. The summed E-state index contributed by atoms with van der Waals surface area (Å²) in [7, 11) is 4.05. The molecule has 0 saturated heterocycles. The van der Waals surface area contributed by atoms with Crippen LogP contribution in [0.15, 0.2) is 24.3 Å². The molecule has 0 fully saturated rings. The molecular formula is C45H88N2O4. The summed E-state index contributed by atoms with van der Waals surface area (Å²) in [6.45, 7) is 8.29. The fourth-order valence-electron chi connectivity index (χ4n) is 6.23. The highest BCUT2D eigenvalue weighted by atomic mass is 16.6. The van der Waals surface area contributed by atoms with Crippen LogP contribution in [0, 0.1) is 0 Å². The van der Waals surface area contributed by atoms with E-state index in [9.17, 15) is 4.79 Å². The van der Waals surface area contributed by atoms with Crippen LogP contribution in [0.4, 0.5) is 4.79 Å². The lowest BCUT2D eigenvalue weighted by Gasteiger charge is -2.19. The molecule has 0 aromatic rings. The molecule has 0 rings (SSSR count). The molecule has 0 spiro atoms. The normalized spacial score (nSPS) is 12.5. The summed E-state index contributed by atoms with van der Waals surface area (Å²) >= 11 is 0. The van der Waals surface area contributed by atoms with Crippen molar-refractivity contribution in [2.45, 2.75) is 206 Å². The van der Waals surface area contributed by atoms with Gasteiger partial charge in [-0.2, -0.15) is 0 Å². The van der Waals surface area contributed by atoms with Gasteiger partial charge in [0.25, 0.3) is 0 Å². The molecule has 6 heteroatoms. The number of amides is 1. The molecule has 1 N–H and O–H groups in total. The van der Waals surface area contributed by atoms with E-state index in [0.717, 1.165) is 32.4 Å². The first-order chi connectivity index (χ1) is 25.1. The number of nitrogens with one attached hydrogen (secondary N) is 1. The Morgan fingerprint density at radius 1 is 0.529 bits per heavy atom. The molecule has 0 bridgehead atoms. The van der Waals surface area contributed by atoms with Gasteiger partial charge in [-0.3, -0.25) is 0 Å². The molecule has 0 aromatic carbocycles. The average molecular weight is 721 g/mol. The van der Waals surface area contributed by atoms with E-state index in [-0.39, 0.29) is 12.2 Å². The highest BCUT2D eigenvalue weighted by Gasteiger charge is 2.12. The zero-order valence-electron chi connectivity index (χ0n) is 34.7. The maximum atomic E-state index is 12.2. The number of nitrogens with zero attached hydrogens (tertiary/aromatic N) is 1. The SMILES string of the molecule is CCCCCCCCC=CCCCCCCCCOCC(CNC(=O)OCCCN(C)C)OCCCCCCCCC=CCCCCCCCC. The van der Waals surface area contributed by atoms with Gasteiger partial charge < -0.3 is 24.4 Å². The Bertz CT molecular complexity index is 742. The highest BCUT2D eigenvalue weighted by molar-refractivity contribution is 5.67. The van der Waals surface area contributed by atoms with Gasteiger partial charge in [-0.25, -0.2) is 4.79 Å². The predicted molar refractivity (Wildman–Crippen MR) is 222 cm³/mol. The van der Waals surface area contributed by atoms with E-state index in [0.29, 0.717) is 26.4 Å². The number of hydrogen-bond acceptors (Lipinski definition) is 5. The van der Waals surface area contributed by atoms with E-state index in [4.69, 9.17) is 14.2 Å². The highest BCUT2D eigenvalue weighted by Crippen LogP contribution is 2.12. The number of allylic oxidation sites excluding steroid dienone is 4. The molecule has 0 saturated carbocycles. The summed E-state index contributed by atoms with van der Waals surface area (Å²) in [5.74, 6) is 0. The Balaban J connectivity index is 3.98. The van der Waals surface area contributed by atoms with Crippen molar-refractivity contribution in [3.8, 4) is 0 Å². The summed E-state index contributed by atoms with van der Waals surface area (Å²) in [5.41, 5.74) is 0. The fourth-order valence-corrected chi connectivity index (χ4v) is 6.23. The van der Waals surface area contributed by atoms with Crippen LogP contribution in [-0.2, 0) is 14.2 Å². The third-order valence-corrected chi connectivity index (χ3v) is 9.57. The van der Waals surface area contributed by atoms with Crippen LogP contribution in [0.2, 0.25) is 0 Å².